The van der Waals surface area contributed by atoms with Gasteiger partial charge in [0.25, 0.3) is 0 Å². The van der Waals surface area contributed by atoms with Crippen molar-refractivity contribution in [3.05, 3.63) is 59.7 Å². The molecular formula is C25H30N2O5. The second-order valence-corrected chi connectivity index (χ2v) is 8.34. The van der Waals surface area contributed by atoms with Gasteiger partial charge in [-0.2, -0.15) is 0 Å². The Labute approximate surface area is 188 Å². The second-order valence-electron chi connectivity index (χ2n) is 8.34. The van der Waals surface area contributed by atoms with Crippen molar-refractivity contribution in [2.75, 3.05) is 13.2 Å². The first-order valence-corrected chi connectivity index (χ1v) is 11.0. The molecule has 7 heteroatoms. The quantitative estimate of drug-likeness (QED) is 0.488. The lowest BCUT2D eigenvalue weighted by molar-refractivity contribution is -0.143. The van der Waals surface area contributed by atoms with E-state index in [4.69, 9.17) is 9.84 Å². The molecule has 1 atom stereocenters. The van der Waals surface area contributed by atoms with Crippen molar-refractivity contribution in [2.45, 2.75) is 45.1 Å². The van der Waals surface area contributed by atoms with Crippen LogP contribution >= 0.6 is 0 Å². The van der Waals surface area contributed by atoms with Gasteiger partial charge in [0.05, 0.1) is 0 Å². The van der Waals surface area contributed by atoms with Gasteiger partial charge in [-0.1, -0.05) is 62.4 Å². The van der Waals surface area contributed by atoms with Crippen molar-refractivity contribution in [1.29, 1.82) is 0 Å². The molecule has 0 heterocycles. The van der Waals surface area contributed by atoms with E-state index in [2.05, 4.69) is 34.9 Å². The number of ether oxygens (including phenoxy) is 1. The van der Waals surface area contributed by atoms with Crippen molar-refractivity contribution in [2.24, 2.45) is 5.92 Å². The van der Waals surface area contributed by atoms with Crippen LogP contribution in [-0.2, 0) is 14.3 Å². The van der Waals surface area contributed by atoms with Gasteiger partial charge in [-0.25, -0.2) is 9.59 Å². The topological polar surface area (TPSA) is 105 Å². The number of nitrogens with one attached hydrogen (secondary N) is 2. The van der Waals surface area contributed by atoms with E-state index in [1.54, 1.807) is 13.8 Å². The number of aliphatic carboxylic acids is 1. The third kappa shape index (κ3) is 5.66. The van der Waals surface area contributed by atoms with E-state index in [0.717, 1.165) is 11.1 Å². The number of carbonyl (C=O) groups excluding carboxylic acids is 2. The van der Waals surface area contributed by atoms with Crippen LogP contribution in [0.4, 0.5) is 4.79 Å². The van der Waals surface area contributed by atoms with E-state index in [0.29, 0.717) is 19.4 Å². The molecule has 0 aliphatic heterocycles. The highest BCUT2D eigenvalue weighted by Crippen LogP contribution is 2.44. The Kier molecular flexibility index (Phi) is 7.87. The van der Waals surface area contributed by atoms with Gasteiger partial charge in [-0.3, -0.25) is 4.79 Å². The molecule has 2 aromatic carbocycles. The van der Waals surface area contributed by atoms with Crippen molar-refractivity contribution >= 4 is 18.0 Å². The van der Waals surface area contributed by atoms with Crippen LogP contribution in [0.5, 0.6) is 0 Å². The molecule has 170 valence electrons. The Balaban J connectivity index is 1.38. The third-order valence-corrected chi connectivity index (χ3v) is 5.69. The largest absolute Gasteiger partial charge is 0.480 e. The van der Waals surface area contributed by atoms with Crippen LogP contribution in [0.25, 0.3) is 11.1 Å². The van der Waals surface area contributed by atoms with Gasteiger partial charge in [0, 0.05) is 18.9 Å². The number of carboxylic acid groups (broad SMARTS) is 1. The van der Waals surface area contributed by atoms with Crippen LogP contribution in [0.1, 0.15) is 50.2 Å². The summed E-state index contributed by atoms with van der Waals surface area (Å²) in [5.41, 5.74) is 4.68. The lowest BCUT2D eigenvalue weighted by atomic mass is 9.98. The minimum absolute atomic E-state index is 0.0139. The number of hydrogen-bond acceptors (Lipinski definition) is 4. The fourth-order valence-corrected chi connectivity index (χ4v) is 4.01. The maximum absolute atomic E-state index is 12.1. The zero-order valence-corrected chi connectivity index (χ0v) is 18.5. The number of benzene rings is 2. The number of hydrogen-bond donors (Lipinski definition) is 3. The molecule has 0 radical (unpaired) electrons. The lowest BCUT2D eigenvalue weighted by Crippen LogP contribution is -2.44. The Bertz CT molecular complexity index is 927. The van der Waals surface area contributed by atoms with Crippen LogP contribution in [0.2, 0.25) is 0 Å². The predicted molar refractivity (Wildman–Crippen MR) is 121 cm³/mol. The molecule has 2 amide bonds. The number of alkyl carbamates (subject to hydrolysis) is 1. The number of unbranched alkanes of at least 4 members (excludes halogenated alkanes) is 1. The molecule has 2 aromatic rings. The molecule has 1 aliphatic rings. The number of carbonyl (C=O) groups is 3. The molecule has 0 unspecified atom stereocenters. The second kappa shape index (κ2) is 10.8. The molecule has 0 spiro atoms. The summed E-state index contributed by atoms with van der Waals surface area (Å²) < 4.78 is 5.48. The van der Waals surface area contributed by atoms with Gasteiger partial charge < -0.3 is 20.5 Å². The van der Waals surface area contributed by atoms with Gasteiger partial charge in [0.15, 0.2) is 0 Å². The van der Waals surface area contributed by atoms with Crippen LogP contribution in [0.3, 0.4) is 0 Å². The molecule has 0 saturated carbocycles. The first-order valence-electron chi connectivity index (χ1n) is 11.0. The standard InChI is InChI=1S/C25H30N2O5/c1-16(2)23(24(29)30)27-22(28)13-7-8-14-26-25(31)32-15-21-19-11-5-3-9-17(19)18-10-4-6-12-20(18)21/h3-6,9-12,16,21,23H,7-8,13-15H2,1-2H3,(H,26,31)(H,27,28)(H,29,30)/t23-/m1/s1. The molecule has 0 aromatic heterocycles. The monoisotopic (exact) mass is 438 g/mol. The maximum atomic E-state index is 12.1. The summed E-state index contributed by atoms with van der Waals surface area (Å²) >= 11 is 0. The zero-order valence-electron chi connectivity index (χ0n) is 18.5. The van der Waals surface area contributed by atoms with Crippen LogP contribution in [0.15, 0.2) is 48.5 Å². The summed E-state index contributed by atoms with van der Waals surface area (Å²) in [6, 6.07) is 15.4. The number of fused-ring (bicyclic) bond motifs is 3. The summed E-state index contributed by atoms with van der Waals surface area (Å²) in [4.78, 5) is 35.2. The summed E-state index contributed by atoms with van der Waals surface area (Å²) in [7, 11) is 0. The fourth-order valence-electron chi connectivity index (χ4n) is 4.01. The van der Waals surface area contributed by atoms with Crippen molar-refractivity contribution in [3.63, 3.8) is 0 Å². The average Bonchev–Trinajstić information content (AvgIpc) is 3.09. The van der Waals surface area contributed by atoms with E-state index < -0.39 is 18.1 Å². The minimum Gasteiger partial charge on any atom is -0.480 e. The Morgan fingerprint density at radius 1 is 0.969 bits per heavy atom. The molecule has 3 N–H and O–H groups in total. The van der Waals surface area contributed by atoms with Crippen LogP contribution < -0.4 is 10.6 Å². The summed E-state index contributed by atoms with van der Waals surface area (Å²) in [5.74, 6) is -1.51. The molecule has 0 fully saturated rings. The summed E-state index contributed by atoms with van der Waals surface area (Å²) in [6.45, 7) is 4.14. The maximum Gasteiger partial charge on any atom is 0.407 e. The first kappa shape index (κ1) is 23.3. The zero-order chi connectivity index (χ0) is 23.1. The Hall–Kier alpha value is -3.35. The highest BCUT2D eigenvalue weighted by Gasteiger charge is 2.29. The van der Waals surface area contributed by atoms with Gasteiger partial charge in [0.1, 0.15) is 12.6 Å². The number of carboxylic acids is 1. The SMILES string of the molecule is CC(C)[C@@H](NC(=O)CCCCNC(=O)OCC1c2ccccc2-c2ccccc21)C(=O)O. The highest BCUT2D eigenvalue weighted by molar-refractivity contribution is 5.83. The molecule has 3 rings (SSSR count). The van der Waals surface area contributed by atoms with Crippen LogP contribution in [0, 0.1) is 5.92 Å². The first-order chi connectivity index (χ1) is 15.4. The molecular weight excluding hydrogens is 408 g/mol. The van der Waals surface area contributed by atoms with E-state index >= 15 is 0 Å². The molecule has 0 bridgehead atoms. The molecule has 7 nitrogen and oxygen atoms in total. The van der Waals surface area contributed by atoms with E-state index in [1.807, 2.05) is 24.3 Å². The number of amides is 2. The molecule has 0 saturated heterocycles. The number of rotatable bonds is 10. The summed E-state index contributed by atoms with van der Waals surface area (Å²) in [5, 5.41) is 14.4. The average molecular weight is 439 g/mol. The minimum atomic E-state index is -1.04. The molecule has 32 heavy (non-hydrogen) atoms. The Morgan fingerprint density at radius 2 is 1.56 bits per heavy atom. The Morgan fingerprint density at radius 3 is 2.12 bits per heavy atom. The predicted octanol–water partition coefficient (Wildman–Crippen LogP) is 3.92. The van der Waals surface area contributed by atoms with Gasteiger partial charge in [-0.15, -0.1) is 0 Å². The van der Waals surface area contributed by atoms with Crippen molar-refractivity contribution in [1.82, 2.24) is 10.6 Å². The highest BCUT2D eigenvalue weighted by atomic mass is 16.5. The van der Waals surface area contributed by atoms with E-state index in [9.17, 15) is 14.4 Å². The van der Waals surface area contributed by atoms with Crippen molar-refractivity contribution < 1.29 is 24.2 Å². The van der Waals surface area contributed by atoms with Gasteiger partial charge in [-0.05, 0) is 41.0 Å². The summed E-state index contributed by atoms with van der Waals surface area (Å²) in [6.07, 6.45) is 0.863. The van der Waals surface area contributed by atoms with Crippen molar-refractivity contribution in [3.8, 4) is 11.1 Å². The van der Waals surface area contributed by atoms with Gasteiger partial charge >= 0.3 is 12.1 Å². The molecule has 1 aliphatic carbocycles. The van der Waals surface area contributed by atoms with E-state index in [-0.39, 0.29) is 30.8 Å². The lowest BCUT2D eigenvalue weighted by Gasteiger charge is -2.17. The van der Waals surface area contributed by atoms with E-state index in [1.165, 1.54) is 11.1 Å². The van der Waals surface area contributed by atoms with Crippen LogP contribution in [-0.4, -0.2) is 42.3 Å². The third-order valence-electron chi connectivity index (χ3n) is 5.69. The van der Waals surface area contributed by atoms with Gasteiger partial charge in [0.2, 0.25) is 5.91 Å². The fraction of sp³-hybridized carbons (Fsp3) is 0.400. The normalized spacial score (nSPS) is 13.2. The smallest absolute Gasteiger partial charge is 0.407 e.